The zero-order chi connectivity index (χ0) is 19.1. The van der Waals surface area contributed by atoms with E-state index in [0.29, 0.717) is 0 Å². The number of hydrogen-bond acceptors (Lipinski definition) is 4. The highest BCUT2D eigenvalue weighted by atomic mass is 19.1. The molecule has 1 fully saturated rings. The third-order valence-electron chi connectivity index (χ3n) is 6.43. The van der Waals surface area contributed by atoms with Crippen LogP contribution >= 0.6 is 0 Å². The number of halogens is 1. The fourth-order valence-corrected chi connectivity index (χ4v) is 4.80. The van der Waals surface area contributed by atoms with Gasteiger partial charge in [0, 0.05) is 50.0 Å². The minimum Gasteiger partial charge on any atom is -0.325 e. The van der Waals surface area contributed by atoms with Crippen molar-refractivity contribution in [3.63, 3.8) is 0 Å². The predicted octanol–water partition coefficient (Wildman–Crippen LogP) is 2.85. The molecule has 0 amide bonds. The van der Waals surface area contributed by atoms with Crippen LogP contribution in [0.4, 0.5) is 4.39 Å². The summed E-state index contributed by atoms with van der Waals surface area (Å²) >= 11 is 0. The number of hydrogen-bond donors (Lipinski definition) is 1. The Labute approximate surface area is 164 Å². The highest BCUT2D eigenvalue weighted by Gasteiger charge is 2.45. The maximum Gasteiger partial charge on any atom is 0.129 e. The average molecular weight is 380 g/mol. The second kappa shape index (κ2) is 6.83. The molecule has 2 aromatic heterocycles. The van der Waals surface area contributed by atoms with Crippen LogP contribution in [0.15, 0.2) is 42.9 Å². The van der Waals surface area contributed by atoms with Crippen LogP contribution in [0, 0.1) is 5.82 Å². The Bertz CT molecular complexity index is 955. The van der Waals surface area contributed by atoms with Crippen molar-refractivity contribution < 1.29 is 4.39 Å². The first-order valence-corrected chi connectivity index (χ1v) is 9.89. The number of benzene rings is 1. The molecule has 0 bridgehead atoms. The largest absolute Gasteiger partial charge is 0.325 e. The zero-order valence-electron chi connectivity index (χ0n) is 16.1. The van der Waals surface area contributed by atoms with Gasteiger partial charge in [-0.1, -0.05) is 12.1 Å². The minimum atomic E-state index is -0.205. The van der Waals surface area contributed by atoms with Crippen LogP contribution in [-0.4, -0.2) is 56.2 Å². The van der Waals surface area contributed by atoms with E-state index in [0.717, 1.165) is 62.6 Å². The second-order valence-electron chi connectivity index (χ2n) is 7.96. The first-order chi connectivity index (χ1) is 13.7. The van der Waals surface area contributed by atoms with Crippen LogP contribution in [0.2, 0.25) is 0 Å². The number of H-pyrrole nitrogens is 1. The molecule has 0 saturated carbocycles. The molecule has 6 nitrogen and oxygen atoms in total. The van der Waals surface area contributed by atoms with E-state index in [1.54, 1.807) is 12.1 Å². The summed E-state index contributed by atoms with van der Waals surface area (Å²) in [6.07, 6.45) is 7.87. The van der Waals surface area contributed by atoms with E-state index in [2.05, 4.69) is 31.6 Å². The van der Waals surface area contributed by atoms with E-state index >= 15 is 0 Å². The van der Waals surface area contributed by atoms with Crippen LogP contribution < -0.4 is 0 Å². The minimum absolute atomic E-state index is 0.0449. The van der Waals surface area contributed by atoms with Gasteiger partial charge in [-0.3, -0.25) is 14.9 Å². The summed E-state index contributed by atoms with van der Waals surface area (Å²) in [5.74, 6) is 0.923. The van der Waals surface area contributed by atoms with Gasteiger partial charge < -0.3 is 4.57 Å². The average Bonchev–Trinajstić information content (AvgIpc) is 3.36. The number of imidazole rings is 1. The van der Waals surface area contributed by atoms with Crippen molar-refractivity contribution in [3.8, 4) is 11.3 Å². The molecule has 1 N–H and O–H groups in total. The lowest BCUT2D eigenvalue weighted by atomic mass is 9.83. The van der Waals surface area contributed by atoms with E-state index in [1.165, 1.54) is 11.6 Å². The Morgan fingerprint density at radius 3 is 2.75 bits per heavy atom. The van der Waals surface area contributed by atoms with Gasteiger partial charge in [-0.15, -0.1) is 0 Å². The molecule has 3 aromatic rings. The van der Waals surface area contributed by atoms with Crippen LogP contribution in [0.1, 0.15) is 24.2 Å². The van der Waals surface area contributed by atoms with Gasteiger partial charge in [0.2, 0.25) is 0 Å². The summed E-state index contributed by atoms with van der Waals surface area (Å²) in [4.78, 5) is 9.81. The fraction of sp³-hybridized carbons (Fsp3) is 0.429. The Hall–Kier alpha value is -2.51. The summed E-state index contributed by atoms with van der Waals surface area (Å²) in [7, 11) is 2.21. The first kappa shape index (κ1) is 17.6. The van der Waals surface area contributed by atoms with Gasteiger partial charge in [0.1, 0.15) is 11.6 Å². The Balaban J connectivity index is 1.43. The lowest BCUT2D eigenvalue weighted by Crippen LogP contribution is -2.56. The molecule has 2 aliphatic heterocycles. The predicted molar refractivity (Wildman–Crippen MR) is 105 cm³/mol. The zero-order valence-corrected chi connectivity index (χ0v) is 16.1. The van der Waals surface area contributed by atoms with Crippen LogP contribution in [-0.2, 0) is 18.6 Å². The molecule has 0 aliphatic carbocycles. The summed E-state index contributed by atoms with van der Waals surface area (Å²) in [5.41, 5.74) is 3.10. The van der Waals surface area contributed by atoms with Gasteiger partial charge in [0.15, 0.2) is 0 Å². The molecule has 2 aliphatic rings. The molecule has 5 rings (SSSR count). The highest BCUT2D eigenvalue weighted by molar-refractivity contribution is 5.60. The molecule has 1 saturated heterocycles. The maximum absolute atomic E-state index is 13.7. The monoisotopic (exact) mass is 380 g/mol. The smallest absolute Gasteiger partial charge is 0.129 e. The number of rotatable bonds is 3. The third kappa shape index (κ3) is 2.86. The van der Waals surface area contributed by atoms with E-state index in [-0.39, 0.29) is 11.4 Å². The highest BCUT2D eigenvalue weighted by Crippen LogP contribution is 2.41. The van der Waals surface area contributed by atoms with Crippen molar-refractivity contribution in [1.29, 1.82) is 0 Å². The number of nitrogens with zero attached hydrogens (tertiary/aromatic N) is 5. The maximum atomic E-state index is 13.7. The second-order valence-corrected chi connectivity index (χ2v) is 7.96. The van der Waals surface area contributed by atoms with Crippen molar-refractivity contribution in [2.24, 2.45) is 0 Å². The normalized spacial score (nSPS) is 19.8. The van der Waals surface area contributed by atoms with Crippen molar-refractivity contribution in [2.45, 2.75) is 31.5 Å². The molecular formula is C21H25FN6. The molecule has 1 aromatic carbocycles. The third-order valence-corrected chi connectivity index (χ3v) is 6.43. The number of likely N-dealkylation sites (N-methyl/N-ethyl adjacent to an activating group) is 1. The number of fused-ring (bicyclic) bond motifs is 2. The van der Waals surface area contributed by atoms with E-state index in [1.807, 2.05) is 24.7 Å². The topological polar surface area (TPSA) is 53.0 Å². The number of aromatic nitrogens is 4. The van der Waals surface area contributed by atoms with Crippen molar-refractivity contribution >= 4 is 0 Å². The standard InChI is InChI=1S/C21H25FN6/c1-26-9-10-28-19(17-3-2-4-18(22)11-17)14-23-20(28)21(26)5-7-27(8-6-21)15-16-12-24-25-13-16/h2-4,11-14H,5-10,15H2,1H3,(H,24,25). The fourth-order valence-electron chi connectivity index (χ4n) is 4.80. The Morgan fingerprint density at radius 1 is 1.14 bits per heavy atom. The molecule has 28 heavy (non-hydrogen) atoms. The molecule has 1 spiro atoms. The summed E-state index contributed by atoms with van der Waals surface area (Å²) in [6.45, 7) is 4.85. The van der Waals surface area contributed by atoms with Crippen LogP contribution in [0.25, 0.3) is 11.3 Å². The van der Waals surface area contributed by atoms with Gasteiger partial charge in [-0.2, -0.15) is 5.10 Å². The molecule has 0 atom stereocenters. The van der Waals surface area contributed by atoms with Gasteiger partial charge in [0.25, 0.3) is 0 Å². The molecule has 7 heteroatoms. The van der Waals surface area contributed by atoms with E-state index in [9.17, 15) is 4.39 Å². The Kier molecular flexibility index (Phi) is 4.29. The number of nitrogens with one attached hydrogen (secondary N) is 1. The van der Waals surface area contributed by atoms with Crippen LogP contribution in [0.5, 0.6) is 0 Å². The lowest BCUT2D eigenvalue weighted by Gasteiger charge is -2.49. The summed E-state index contributed by atoms with van der Waals surface area (Å²) < 4.78 is 16.1. The molecule has 0 radical (unpaired) electrons. The van der Waals surface area contributed by atoms with Crippen LogP contribution in [0.3, 0.4) is 0 Å². The quantitative estimate of drug-likeness (QED) is 0.759. The molecule has 0 unspecified atom stereocenters. The number of piperidine rings is 1. The SMILES string of the molecule is CN1CCn2c(-c3cccc(F)c3)cnc2C12CCN(Cc1cn[nH]c1)CC2. The number of likely N-dealkylation sites (tertiary alicyclic amines) is 1. The lowest BCUT2D eigenvalue weighted by molar-refractivity contribution is 0.00701. The summed E-state index contributed by atoms with van der Waals surface area (Å²) in [6, 6.07) is 6.82. The first-order valence-electron chi connectivity index (χ1n) is 9.89. The van der Waals surface area contributed by atoms with Gasteiger partial charge in [-0.05, 0) is 32.0 Å². The van der Waals surface area contributed by atoms with Gasteiger partial charge in [0.05, 0.1) is 23.6 Å². The molecule has 4 heterocycles. The number of aromatic amines is 1. The van der Waals surface area contributed by atoms with Gasteiger partial charge >= 0.3 is 0 Å². The van der Waals surface area contributed by atoms with Crippen molar-refractivity contribution in [1.82, 2.24) is 29.5 Å². The Morgan fingerprint density at radius 2 is 2.00 bits per heavy atom. The molecule has 146 valence electrons. The van der Waals surface area contributed by atoms with Crippen molar-refractivity contribution in [3.05, 3.63) is 60.1 Å². The van der Waals surface area contributed by atoms with E-state index in [4.69, 9.17) is 4.98 Å². The van der Waals surface area contributed by atoms with E-state index < -0.39 is 0 Å². The van der Waals surface area contributed by atoms with Crippen molar-refractivity contribution in [2.75, 3.05) is 26.7 Å². The van der Waals surface area contributed by atoms with Gasteiger partial charge in [-0.25, -0.2) is 9.37 Å². The summed E-state index contributed by atoms with van der Waals surface area (Å²) in [5, 5.41) is 6.94. The molecular weight excluding hydrogens is 355 g/mol.